The Kier molecular flexibility index (Phi) is 10.2. The lowest BCUT2D eigenvalue weighted by Gasteiger charge is -2.31. The van der Waals surface area contributed by atoms with E-state index in [-0.39, 0.29) is 43.2 Å². The van der Waals surface area contributed by atoms with Crippen LogP contribution >= 0.6 is 0 Å². The number of aromatic nitrogens is 4. The van der Waals surface area contributed by atoms with E-state index in [4.69, 9.17) is 23.6 Å². The van der Waals surface area contributed by atoms with Gasteiger partial charge in [0.2, 0.25) is 11.8 Å². The first-order chi connectivity index (χ1) is 23.8. The number of ketones is 1. The summed E-state index contributed by atoms with van der Waals surface area (Å²) in [7, 11) is -1.28. The highest BCUT2D eigenvalue weighted by atomic mass is 28.3. The minimum atomic E-state index is -1.28. The van der Waals surface area contributed by atoms with Gasteiger partial charge in [-0.3, -0.25) is 4.79 Å². The molecule has 1 aliphatic rings. The third-order valence-corrected chi connectivity index (χ3v) is 10.0. The largest absolute Gasteiger partial charge is 0.457 e. The summed E-state index contributed by atoms with van der Waals surface area (Å²) < 4.78 is 26.3. The van der Waals surface area contributed by atoms with E-state index in [9.17, 15) is 9.59 Å². The van der Waals surface area contributed by atoms with Crippen molar-refractivity contribution in [3.05, 3.63) is 89.6 Å². The number of carbonyl (C=O) groups excluding carboxylic acids is 2. The molecule has 1 amide bonds. The molecule has 0 fully saturated rings. The standard InChI is InChI=1S/C38H45N5O6Si/c1-38(2,3)49-37(45)42-17-15-27-12-13-30(21-28(27)23-42)47-32-14-16-39-35-34(32)31(24-43(35)25-46-18-19-50(4,5)6)36-41-40-33(48-36)22-29(44)20-26-10-8-7-9-11-26/h7-14,16,21,24H,15,17-20,22-23,25H2,1-6H3. The molecular formula is C38H45N5O6Si. The van der Waals surface area contributed by atoms with Crippen LogP contribution in [0.1, 0.15) is 43.4 Å². The summed E-state index contributed by atoms with van der Waals surface area (Å²) in [4.78, 5) is 32.1. The smallest absolute Gasteiger partial charge is 0.410 e. The lowest BCUT2D eigenvalue weighted by Crippen LogP contribution is -2.39. The van der Waals surface area contributed by atoms with Gasteiger partial charge in [-0.2, -0.15) is 0 Å². The molecule has 0 atom stereocenters. The topological polar surface area (TPSA) is 122 Å². The van der Waals surface area contributed by atoms with Crippen molar-refractivity contribution >= 4 is 31.0 Å². The minimum absolute atomic E-state index is 0.0204. The van der Waals surface area contributed by atoms with Crippen molar-refractivity contribution in [1.29, 1.82) is 0 Å². The fourth-order valence-corrected chi connectivity index (χ4v) is 6.52. The van der Waals surface area contributed by atoms with Crippen molar-refractivity contribution in [2.24, 2.45) is 0 Å². The number of hydrogen-bond donors (Lipinski definition) is 0. The van der Waals surface area contributed by atoms with Gasteiger partial charge in [0.15, 0.2) is 0 Å². The first-order valence-corrected chi connectivity index (χ1v) is 20.7. The van der Waals surface area contributed by atoms with Crippen LogP contribution in [0.5, 0.6) is 11.5 Å². The number of rotatable bonds is 12. The lowest BCUT2D eigenvalue weighted by atomic mass is 10.00. The second kappa shape index (κ2) is 14.6. The molecule has 0 saturated heterocycles. The molecule has 5 aromatic rings. The maximum absolute atomic E-state index is 12.8. The zero-order chi connectivity index (χ0) is 35.5. The van der Waals surface area contributed by atoms with Crippen molar-refractivity contribution in [3.63, 3.8) is 0 Å². The summed E-state index contributed by atoms with van der Waals surface area (Å²) in [6, 6.07) is 18.4. The number of Topliss-reactive ketones (excluding diaryl/α,β-unsaturated/α-hetero) is 1. The zero-order valence-corrected chi connectivity index (χ0v) is 30.7. The molecule has 12 heteroatoms. The SMILES string of the molecule is CC(C)(C)OC(=O)N1CCc2ccc(Oc3ccnc4c3c(-c3nnc(CC(=O)Cc5ccccc5)o3)cn4COCC[Si](C)(C)C)cc2C1. The van der Waals surface area contributed by atoms with E-state index < -0.39 is 13.7 Å². The molecule has 0 aliphatic carbocycles. The number of hydrogen-bond acceptors (Lipinski definition) is 9. The van der Waals surface area contributed by atoms with Gasteiger partial charge in [0, 0.05) is 46.6 Å². The predicted octanol–water partition coefficient (Wildman–Crippen LogP) is 7.84. The van der Waals surface area contributed by atoms with Gasteiger partial charge in [0.1, 0.15) is 35.3 Å². The number of amides is 1. The van der Waals surface area contributed by atoms with Crippen molar-refractivity contribution in [2.75, 3.05) is 13.2 Å². The van der Waals surface area contributed by atoms with Gasteiger partial charge >= 0.3 is 6.09 Å². The molecule has 0 N–H and O–H groups in total. The van der Waals surface area contributed by atoms with Gasteiger partial charge in [-0.05, 0) is 68.1 Å². The van der Waals surface area contributed by atoms with Gasteiger partial charge in [0.05, 0.1) is 17.4 Å². The Labute approximate surface area is 293 Å². The molecule has 3 aromatic heterocycles. The van der Waals surface area contributed by atoms with Crippen LogP contribution in [0.3, 0.4) is 0 Å². The van der Waals surface area contributed by atoms with E-state index in [1.165, 1.54) is 5.56 Å². The fourth-order valence-electron chi connectivity index (χ4n) is 5.77. The van der Waals surface area contributed by atoms with Gasteiger partial charge < -0.3 is 28.1 Å². The minimum Gasteiger partial charge on any atom is -0.457 e. The number of fused-ring (bicyclic) bond motifs is 2. The van der Waals surface area contributed by atoms with Crippen LogP contribution < -0.4 is 4.74 Å². The highest BCUT2D eigenvalue weighted by Crippen LogP contribution is 2.38. The Morgan fingerprint density at radius 1 is 0.980 bits per heavy atom. The molecule has 0 spiro atoms. The maximum atomic E-state index is 12.8. The summed E-state index contributed by atoms with van der Waals surface area (Å²) >= 11 is 0. The fraction of sp³-hybridized carbons (Fsp3) is 0.395. The van der Waals surface area contributed by atoms with E-state index in [0.29, 0.717) is 47.8 Å². The molecule has 4 heterocycles. The molecule has 50 heavy (non-hydrogen) atoms. The Hall–Kier alpha value is -4.81. The highest BCUT2D eigenvalue weighted by Gasteiger charge is 2.27. The number of carbonyl (C=O) groups is 2. The van der Waals surface area contributed by atoms with Crippen LogP contribution in [0.4, 0.5) is 4.79 Å². The van der Waals surface area contributed by atoms with E-state index in [1.54, 1.807) is 17.2 Å². The average molecular weight is 696 g/mol. The summed E-state index contributed by atoms with van der Waals surface area (Å²) in [6.07, 6.45) is 4.29. The number of benzene rings is 2. The van der Waals surface area contributed by atoms with Crippen LogP contribution in [-0.2, 0) is 46.8 Å². The van der Waals surface area contributed by atoms with Crippen LogP contribution in [0.25, 0.3) is 22.5 Å². The van der Waals surface area contributed by atoms with Crippen molar-refractivity contribution in [3.8, 4) is 23.0 Å². The third kappa shape index (κ3) is 8.85. The first-order valence-electron chi connectivity index (χ1n) is 17.0. The van der Waals surface area contributed by atoms with Crippen molar-refractivity contribution < 1.29 is 28.2 Å². The van der Waals surface area contributed by atoms with Gasteiger partial charge in [0.25, 0.3) is 0 Å². The molecule has 11 nitrogen and oxygen atoms in total. The number of ether oxygens (including phenoxy) is 3. The lowest BCUT2D eigenvalue weighted by molar-refractivity contribution is -0.118. The monoisotopic (exact) mass is 695 g/mol. The van der Waals surface area contributed by atoms with Crippen molar-refractivity contribution in [2.45, 2.75) is 84.6 Å². The zero-order valence-electron chi connectivity index (χ0n) is 29.7. The number of nitrogens with zero attached hydrogens (tertiary/aromatic N) is 5. The Morgan fingerprint density at radius 2 is 1.78 bits per heavy atom. The van der Waals surface area contributed by atoms with E-state index in [0.717, 1.165) is 23.6 Å². The van der Waals surface area contributed by atoms with Crippen LogP contribution in [0.2, 0.25) is 25.7 Å². The summed E-state index contributed by atoms with van der Waals surface area (Å²) in [5, 5.41) is 9.25. The Morgan fingerprint density at radius 3 is 2.54 bits per heavy atom. The van der Waals surface area contributed by atoms with E-state index in [2.05, 4.69) is 29.8 Å². The summed E-state index contributed by atoms with van der Waals surface area (Å²) in [5.74, 6) is 1.64. The Bertz CT molecular complexity index is 1980. The maximum Gasteiger partial charge on any atom is 0.410 e. The van der Waals surface area contributed by atoms with E-state index >= 15 is 0 Å². The molecular weight excluding hydrogens is 651 g/mol. The molecule has 0 radical (unpaired) electrons. The Balaban J connectivity index is 1.28. The molecule has 6 rings (SSSR count). The van der Waals surface area contributed by atoms with Crippen LogP contribution in [0.15, 0.2) is 71.4 Å². The number of pyridine rings is 1. The van der Waals surface area contributed by atoms with E-state index in [1.807, 2.05) is 80.1 Å². The van der Waals surface area contributed by atoms with Gasteiger partial charge in [-0.15, -0.1) is 10.2 Å². The quantitative estimate of drug-likeness (QED) is 0.0949. The first kappa shape index (κ1) is 35.0. The third-order valence-electron chi connectivity index (χ3n) is 8.31. The molecule has 0 saturated carbocycles. The average Bonchev–Trinajstić information content (AvgIpc) is 3.67. The predicted molar refractivity (Wildman–Crippen MR) is 193 cm³/mol. The summed E-state index contributed by atoms with van der Waals surface area (Å²) in [5.41, 5.74) is 3.79. The molecule has 1 aliphatic heterocycles. The normalized spacial score (nSPS) is 13.4. The second-order valence-corrected chi connectivity index (χ2v) is 20.6. The van der Waals surface area contributed by atoms with Crippen LogP contribution in [-0.4, -0.2) is 63.4 Å². The van der Waals surface area contributed by atoms with Crippen molar-refractivity contribution in [1.82, 2.24) is 24.6 Å². The van der Waals surface area contributed by atoms with Gasteiger partial charge in [-0.25, -0.2) is 9.78 Å². The molecule has 262 valence electrons. The molecule has 0 unspecified atom stereocenters. The molecule has 0 bridgehead atoms. The second-order valence-electron chi connectivity index (χ2n) is 14.9. The van der Waals surface area contributed by atoms with Gasteiger partial charge in [-0.1, -0.05) is 56.0 Å². The summed E-state index contributed by atoms with van der Waals surface area (Å²) in [6.45, 7) is 14.5. The van der Waals surface area contributed by atoms with Crippen LogP contribution in [0, 0.1) is 0 Å². The molecule has 2 aromatic carbocycles. The highest BCUT2D eigenvalue weighted by molar-refractivity contribution is 6.76.